The Morgan fingerprint density at radius 1 is 1.11 bits per heavy atom. The van der Waals surface area contributed by atoms with Crippen molar-refractivity contribution in [3.63, 3.8) is 0 Å². The fraction of sp³-hybridized carbons (Fsp3) is 0.350. The Morgan fingerprint density at radius 3 is 2.70 bits per heavy atom. The van der Waals surface area contributed by atoms with E-state index in [1.165, 1.54) is 12.8 Å². The Kier molecular flexibility index (Phi) is 3.99. The summed E-state index contributed by atoms with van der Waals surface area (Å²) in [5.41, 5.74) is 2.92. The maximum Gasteiger partial charge on any atom is 0.246 e. The molecule has 7 heteroatoms. The molecular weight excluding hydrogens is 343 g/mol. The SMILES string of the molecule is F[C@@H]1CCN(c2cc(Nc3ncn(-c4ccccc4)n3)cc(C3CC3)n2)C1.[HH]. The average molecular weight is 366 g/mol. The number of halogens is 1. The molecule has 5 rings (SSSR count). The molecule has 0 spiro atoms. The van der Waals surface area contributed by atoms with Gasteiger partial charge in [-0.25, -0.2) is 14.1 Å². The van der Waals surface area contributed by atoms with Gasteiger partial charge in [0.15, 0.2) is 0 Å². The second kappa shape index (κ2) is 6.64. The van der Waals surface area contributed by atoms with Gasteiger partial charge in [0.05, 0.1) is 12.2 Å². The van der Waals surface area contributed by atoms with Crippen molar-refractivity contribution >= 4 is 17.5 Å². The van der Waals surface area contributed by atoms with Crippen molar-refractivity contribution < 1.29 is 5.82 Å². The van der Waals surface area contributed by atoms with Gasteiger partial charge >= 0.3 is 0 Å². The van der Waals surface area contributed by atoms with Crippen LogP contribution in [0.3, 0.4) is 0 Å². The number of nitrogens with one attached hydrogen (secondary N) is 1. The van der Waals surface area contributed by atoms with Gasteiger partial charge in [-0.2, -0.15) is 4.98 Å². The molecule has 1 atom stereocenters. The number of rotatable bonds is 5. The Bertz CT molecular complexity index is 943. The van der Waals surface area contributed by atoms with Crippen LogP contribution in [0.25, 0.3) is 5.69 Å². The van der Waals surface area contributed by atoms with E-state index in [1.54, 1.807) is 11.0 Å². The standard InChI is InChI=1S/C20H21FN6.H2/c21-15-8-9-26(12-15)19-11-16(10-18(24-19)14-6-7-14)23-20-22-13-27(25-20)17-4-2-1-3-5-17;/h1-5,10-11,13-15H,6-9,12H2,(H,23,24,25);1H/t15-;/m1./s1. The first-order valence-electron chi connectivity index (χ1n) is 9.40. The molecule has 3 heterocycles. The number of hydrogen-bond acceptors (Lipinski definition) is 5. The van der Waals surface area contributed by atoms with E-state index in [0.29, 0.717) is 31.4 Å². The lowest BCUT2D eigenvalue weighted by Crippen LogP contribution is -2.21. The highest BCUT2D eigenvalue weighted by molar-refractivity contribution is 5.61. The lowest BCUT2D eigenvalue weighted by molar-refractivity contribution is 0.364. The highest BCUT2D eigenvalue weighted by atomic mass is 19.1. The summed E-state index contributed by atoms with van der Waals surface area (Å²) in [6, 6.07) is 13.9. The summed E-state index contributed by atoms with van der Waals surface area (Å²) in [6.07, 6.45) is 3.83. The Labute approximate surface area is 158 Å². The Morgan fingerprint density at radius 2 is 1.96 bits per heavy atom. The van der Waals surface area contributed by atoms with Gasteiger partial charge in [-0.15, -0.1) is 5.10 Å². The zero-order chi connectivity index (χ0) is 18.2. The lowest BCUT2D eigenvalue weighted by Gasteiger charge is -2.18. The van der Waals surface area contributed by atoms with Gasteiger partial charge in [-0.3, -0.25) is 0 Å². The molecule has 27 heavy (non-hydrogen) atoms. The number of nitrogens with zero attached hydrogens (tertiary/aromatic N) is 5. The normalized spacial score (nSPS) is 19.4. The van der Waals surface area contributed by atoms with E-state index >= 15 is 0 Å². The number of para-hydroxylation sites is 1. The van der Waals surface area contributed by atoms with E-state index in [9.17, 15) is 4.39 Å². The fourth-order valence-electron chi connectivity index (χ4n) is 3.44. The molecule has 2 aliphatic rings. The topological polar surface area (TPSA) is 58.9 Å². The molecule has 0 amide bonds. The molecule has 1 aliphatic heterocycles. The third-order valence-corrected chi connectivity index (χ3v) is 5.05. The smallest absolute Gasteiger partial charge is 0.246 e. The van der Waals surface area contributed by atoms with Crippen molar-refractivity contribution in [1.82, 2.24) is 19.7 Å². The minimum Gasteiger partial charge on any atom is -0.354 e. The third-order valence-electron chi connectivity index (χ3n) is 5.05. The maximum absolute atomic E-state index is 13.6. The van der Waals surface area contributed by atoms with Gasteiger partial charge in [-0.05, 0) is 37.5 Å². The molecule has 1 saturated heterocycles. The molecule has 2 aromatic heterocycles. The van der Waals surface area contributed by atoms with Crippen LogP contribution in [0.1, 0.15) is 32.3 Å². The van der Waals surface area contributed by atoms with Gasteiger partial charge in [0.2, 0.25) is 5.95 Å². The molecule has 140 valence electrons. The molecule has 1 aromatic carbocycles. The fourth-order valence-corrected chi connectivity index (χ4v) is 3.44. The molecule has 0 bridgehead atoms. The van der Waals surface area contributed by atoms with Crippen molar-refractivity contribution in [3.8, 4) is 5.69 Å². The summed E-state index contributed by atoms with van der Waals surface area (Å²) in [7, 11) is 0. The van der Waals surface area contributed by atoms with Crippen LogP contribution in [0, 0.1) is 0 Å². The maximum atomic E-state index is 13.6. The average Bonchev–Trinajstić information content (AvgIpc) is 3.30. The zero-order valence-corrected chi connectivity index (χ0v) is 14.9. The third kappa shape index (κ3) is 3.49. The van der Waals surface area contributed by atoms with E-state index < -0.39 is 6.17 Å². The van der Waals surface area contributed by atoms with Crippen LogP contribution in [-0.2, 0) is 0 Å². The molecule has 3 aromatic rings. The summed E-state index contributed by atoms with van der Waals surface area (Å²) in [5.74, 6) is 1.89. The summed E-state index contributed by atoms with van der Waals surface area (Å²) >= 11 is 0. The van der Waals surface area contributed by atoms with Gasteiger partial charge in [-0.1, -0.05) is 18.2 Å². The summed E-state index contributed by atoms with van der Waals surface area (Å²) in [4.78, 5) is 11.2. The summed E-state index contributed by atoms with van der Waals surface area (Å²) < 4.78 is 15.4. The minimum atomic E-state index is -0.768. The number of pyridine rings is 1. The Hall–Kier alpha value is -2.96. The molecule has 1 saturated carbocycles. The second-order valence-electron chi connectivity index (χ2n) is 7.22. The minimum absolute atomic E-state index is 0. The highest BCUT2D eigenvalue weighted by Crippen LogP contribution is 2.41. The van der Waals surface area contributed by atoms with E-state index in [2.05, 4.69) is 21.5 Å². The van der Waals surface area contributed by atoms with Crippen LogP contribution in [-0.4, -0.2) is 39.0 Å². The van der Waals surface area contributed by atoms with Crippen LogP contribution in [0.5, 0.6) is 0 Å². The van der Waals surface area contributed by atoms with Gasteiger partial charge in [0.25, 0.3) is 0 Å². The first kappa shape index (κ1) is 16.2. The lowest BCUT2D eigenvalue weighted by atomic mass is 10.2. The monoisotopic (exact) mass is 366 g/mol. The molecule has 0 unspecified atom stereocenters. The van der Waals surface area contributed by atoms with Crippen molar-refractivity contribution in [3.05, 3.63) is 54.5 Å². The predicted octanol–water partition coefficient (Wildman–Crippen LogP) is 4.08. The molecule has 2 fully saturated rings. The highest BCUT2D eigenvalue weighted by Gasteiger charge is 2.28. The number of benzene rings is 1. The van der Waals surface area contributed by atoms with Gasteiger partial charge in [0, 0.05) is 31.3 Å². The molecule has 6 nitrogen and oxygen atoms in total. The largest absolute Gasteiger partial charge is 0.354 e. The van der Waals surface area contributed by atoms with E-state index in [-0.39, 0.29) is 1.43 Å². The summed E-state index contributed by atoms with van der Waals surface area (Å²) in [6.45, 7) is 1.13. The van der Waals surface area contributed by atoms with Crippen molar-refractivity contribution in [1.29, 1.82) is 0 Å². The quantitative estimate of drug-likeness (QED) is 0.737. The van der Waals surface area contributed by atoms with Crippen molar-refractivity contribution in [2.75, 3.05) is 23.3 Å². The predicted molar refractivity (Wildman–Crippen MR) is 105 cm³/mol. The van der Waals surface area contributed by atoms with E-state index in [0.717, 1.165) is 22.9 Å². The molecule has 1 aliphatic carbocycles. The second-order valence-corrected chi connectivity index (χ2v) is 7.22. The van der Waals surface area contributed by atoms with E-state index in [1.807, 2.05) is 41.3 Å². The van der Waals surface area contributed by atoms with Crippen molar-refractivity contribution in [2.45, 2.75) is 31.4 Å². The van der Waals surface area contributed by atoms with Crippen LogP contribution >= 0.6 is 0 Å². The van der Waals surface area contributed by atoms with Crippen LogP contribution in [0.4, 0.5) is 21.8 Å². The van der Waals surface area contributed by atoms with Gasteiger partial charge in [0.1, 0.15) is 18.3 Å². The molecule has 1 N–H and O–H groups in total. The van der Waals surface area contributed by atoms with Crippen molar-refractivity contribution in [2.24, 2.45) is 0 Å². The molecule has 0 radical (unpaired) electrons. The van der Waals surface area contributed by atoms with Crippen LogP contribution in [0.15, 0.2) is 48.8 Å². The van der Waals surface area contributed by atoms with Crippen LogP contribution in [0.2, 0.25) is 0 Å². The van der Waals surface area contributed by atoms with E-state index in [4.69, 9.17) is 4.98 Å². The van der Waals surface area contributed by atoms with Crippen LogP contribution < -0.4 is 10.2 Å². The number of aromatic nitrogens is 4. The number of hydrogen-bond donors (Lipinski definition) is 1. The number of anilines is 3. The number of alkyl halides is 1. The first-order valence-corrected chi connectivity index (χ1v) is 9.40. The summed E-state index contributed by atoms with van der Waals surface area (Å²) in [5, 5.41) is 7.79. The van der Waals surface area contributed by atoms with Gasteiger partial charge < -0.3 is 10.2 Å². The molecular formula is C20H23FN6. The Balaban J connectivity index is 0.00000192. The first-order chi connectivity index (χ1) is 13.2. The zero-order valence-electron chi connectivity index (χ0n) is 14.9.